The second kappa shape index (κ2) is 13.2. The van der Waals surface area contributed by atoms with Crippen molar-refractivity contribution < 1.29 is 19.0 Å². The second-order valence-corrected chi connectivity index (χ2v) is 9.56. The molecule has 38 heavy (non-hydrogen) atoms. The lowest BCUT2D eigenvalue weighted by Gasteiger charge is -2.24. The molecule has 0 fully saturated rings. The number of ether oxygens (including phenoxy) is 3. The molecule has 0 N–H and O–H groups in total. The molecular formula is C31H29Cl2NO4. The zero-order valence-corrected chi connectivity index (χ0v) is 22.8. The van der Waals surface area contributed by atoms with Crippen LogP contribution in [0, 0.1) is 0 Å². The van der Waals surface area contributed by atoms with Gasteiger partial charge in [-0.05, 0) is 65.6 Å². The van der Waals surface area contributed by atoms with Crippen molar-refractivity contribution >= 4 is 29.1 Å². The van der Waals surface area contributed by atoms with E-state index in [0.717, 1.165) is 22.4 Å². The zero-order valence-electron chi connectivity index (χ0n) is 21.3. The van der Waals surface area contributed by atoms with E-state index in [0.29, 0.717) is 53.2 Å². The lowest BCUT2D eigenvalue weighted by molar-refractivity contribution is 0.0745. The molecule has 0 aromatic heterocycles. The minimum absolute atomic E-state index is 0.178. The Kier molecular flexibility index (Phi) is 9.52. The van der Waals surface area contributed by atoms with Gasteiger partial charge >= 0.3 is 0 Å². The number of hydrogen-bond donors (Lipinski definition) is 0. The molecule has 4 aromatic rings. The maximum atomic E-state index is 13.6. The van der Waals surface area contributed by atoms with Crippen molar-refractivity contribution in [1.82, 2.24) is 4.90 Å². The van der Waals surface area contributed by atoms with Gasteiger partial charge in [0.05, 0.1) is 24.8 Å². The van der Waals surface area contributed by atoms with E-state index >= 15 is 0 Å². The van der Waals surface area contributed by atoms with E-state index in [1.807, 2.05) is 72.8 Å². The molecule has 0 unspecified atom stereocenters. The van der Waals surface area contributed by atoms with Crippen molar-refractivity contribution in [2.75, 3.05) is 20.8 Å². The Bertz CT molecular complexity index is 1380. The predicted octanol–water partition coefficient (Wildman–Crippen LogP) is 7.47. The molecule has 0 bridgehead atoms. The molecule has 0 heterocycles. The van der Waals surface area contributed by atoms with Crippen LogP contribution >= 0.6 is 23.2 Å². The van der Waals surface area contributed by atoms with Crippen LogP contribution in [0.25, 0.3) is 0 Å². The highest BCUT2D eigenvalue weighted by atomic mass is 35.5. The van der Waals surface area contributed by atoms with Crippen molar-refractivity contribution in [2.24, 2.45) is 0 Å². The van der Waals surface area contributed by atoms with Crippen molar-refractivity contribution in [3.8, 4) is 17.2 Å². The van der Waals surface area contributed by atoms with Crippen molar-refractivity contribution in [3.05, 3.63) is 123 Å². The third-order valence-electron chi connectivity index (χ3n) is 6.09. The standard InChI is InChI=1S/C31H29Cl2NO4/c1-36-29-14-11-22(18-30(29)37-2)15-16-34(31(35)27-13-12-25(32)19-28(27)33)20-24-9-6-10-26(17-24)38-21-23-7-4-3-5-8-23/h3-14,17-19H,15-16,20-21H2,1-2H3. The lowest BCUT2D eigenvalue weighted by atomic mass is 10.1. The molecule has 0 spiro atoms. The first-order valence-corrected chi connectivity index (χ1v) is 12.9. The van der Waals surface area contributed by atoms with Gasteiger partial charge in [0.1, 0.15) is 12.4 Å². The summed E-state index contributed by atoms with van der Waals surface area (Å²) in [6, 6.07) is 28.5. The van der Waals surface area contributed by atoms with E-state index in [1.165, 1.54) is 0 Å². The Labute approximate surface area is 233 Å². The molecule has 0 atom stereocenters. The lowest BCUT2D eigenvalue weighted by Crippen LogP contribution is -2.32. The number of benzene rings is 4. The van der Waals surface area contributed by atoms with Gasteiger partial charge in [-0.25, -0.2) is 0 Å². The molecule has 0 aliphatic rings. The van der Waals surface area contributed by atoms with Gasteiger partial charge in [0.25, 0.3) is 5.91 Å². The molecule has 1 amide bonds. The quantitative estimate of drug-likeness (QED) is 0.194. The van der Waals surface area contributed by atoms with Gasteiger partial charge in [-0.2, -0.15) is 0 Å². The summed E-state index contributed by atoms with van der Waals surface area (Å²) >= 11 is 12.5. The SMILES string of the molecule is COc1ccc(CCN(Cc2cccc(OCc3ccccc3)c2)C(=O)c2ccc(Cl)cc2Cl)cc1OC. The average molecular weight is 550 g/mol. The summed E-state index contributed by atoms with van der Waals surface area (Å²) in [6.07, 6.45) is 0.613. The van der Waals surface area contributed by atoms with Crippen LogP contribution in [-0.4, -0.2) is 31.6 Å². The van der Waals surface area contributed by atoms with Gasteiger partial charge in [-0.3, -0.25) is 4.79 Å². The van der Waals surface area contributed by atoms with E-state index in [1.54, 1.807) is 37.3 Å². The number of rotatable bonds is 11. The maximum absolute atomic E-state index is 13.6. The first-order chi connectivity index (χ1) is 18.5. The van der Waals surface area contributed by atoms with Crippen LogP contribution in [0.1, 0.15) is 27.0 Å². The van der Waals surface area contributed by atoms with Crippen LogP contribution in [0.5, 0.6) is 17.2 Å². The molecular weight excluding hydrogens is 521 g/mol. The summed E-state index contributed by atoms with van der Waals surface area (Å²) in [6.45, 7) is 1.31. The van der Waals surface area contributed by atoms with Crippen molar-refractivity contribution in [1.29, 1.82) is 0 Å². The normalized spacial score (nSPS) is 10.6. The highest BCUT2D eigenvalue weighted by Gasteiger charge is 2.20. The van der Waals surface area contributed by atoms with E-state index in [2.05, 4.69) is 0 Å². The average Bonchev–Trinajstić information content (AvgIpc) is 2.94. The Morgan fingerprint density at radius 2 is 1.53 bits per heavy atom. The van der Waals surface area contributed by atoms with E-state index in [-0.39, 0.29) is 5.91 Å². The number of hydrogen-bond acceptors (Lipinski definition) is 4. The number of nitrogens with zero attached hydrogens (tertiary/aromatic N) is 1. The van der Waals surface area contributed by atoms with Gasteiger partial charge in [0, 0.05) is 18.1 Å². The number of carbonyl (C=O) groups is 1. The third kappa shape index (κ3) is 7.21. The molecule has 0 saturated heterocycles. The Morgan fingerprint density at radius 3 is 2.26 bits per heavy atom. The summed E-state index contributed by atoms with van der Waals surface area (Å²) in [5.74, 6) is 1.86. The number of carbonyl (C=O) groups excluding carboxylic acids is 1. The highest BCUT2D eigenvalue weighted by molar-refractivity contribution is 6.36. The van der Waals surface area contributed by atoms with E-state index in [9.17, 15) is 4.79 Å². The van der Waals surface area contributed by atoms with Crippen LogP contribution in [0.2, 0.25) is 10.0 Å². The minimum atomic E-state index is -0.178. The monoisotopic (exact) mass is 549 g/mol. The van der Waals surface area contributed by atoms with Gasteiger partial charge in [0.15, 0.2) is 11.5 Å². The first-order valence-electron chi connectivity index (χ1n) is 12.2. The van der Waals surface area contributed by atoms with Crippen LogP contribution < -0.4 is 14.2 Å². The minimum Gasteiger partial charge on any atom is -0.493 e. The number of methoxy groups -OCH3 is 2. The number of amides is 1. The highest BCUT2D eigenvalue weighted by Crippen LogP contribution is 2.28. The zero-order chi connectivity index (χ0) is 26.9. The molecule has 196 valence electrons. The molecule has 7 heteroatoms. The van der Waals surface area contributed by atoms with Crippen LogP contribution in [0.4, 0.5) is 0 Å². The molecule has 0 aliphatic heterocycles. The van der Waals surface area contributed by atoms with Gasteiger partial charge in [0.2, 0.25) is 0 Å². The summed E-state index contributed by atoms with van der Waals surface area (Å²) in [5.41, 5.74) is 3.45. The summed E-state index contributed by atoms with van der Waals surface area (Å²) < 4.78 is 16.8. The fraction of sp³-hybridized carbons (Fsp3) is 0.194. The Morgan fingerprint density at radius 1 is 0.763 bits per heavy atom. The maximum Gasteiger partial charge on any atom is 0.255 e. The van der Waals surface area contributed by atoms with E-state index < -0.39 is 0 Å². The van der Waals surface area contributed by atoms with Crippen molar-refractivity contribution in [2.45, 2.75) is 19.6 Å². The van der Waals surface area contributed by atoms with E-state index in [4.69, 9.17) is 37.4 Å². The molecule has 0 radical (unpaired) electrons. The smallest absolute Gasteiger partial charge is 0.255 e. The molecule has 4 aromatic carbocycles. The fourth-order valence-corrected chi connectivity index (χ4v) is 4.57. The molecule has 0 aliphatic carbocycles. The summed E-state index contributed by atoms with van der Waals surface area (Å²) in [4.78, 5) is 15.4. The Balaban J connectivity index is 1.54. The second-order valence-electron chi connectivity index (χ2n) is 8.71. The largest absolute Gasteiger partial charge is 0.493 e. The third-order valence-corrected chi connectivity index (χ3v) is 6.64. The first kappa shape index (κ1) is 27.4. The summed E-state index contributed by atoms with van der Waals surface area (Å²) in [5, 5.41) is 0.797. The predicted molar refractivity (Wildman–Crippen MR) is 152 cm³/mol. The Hall–Kier alpha value is -3.67. The molecule has 0 saturated carbocycles. The topological polar surface area (TPSA) is 48.0 Å². The van der Waals surface area contributed by atoms with Gasteiger partial charge in [-0.15, -0.1) is 0 Å². The molecule has 4 rings (SSSR count). The fourth-order valence-electron chi connectivity index (χ4n) is 4.08. The summed E-state index contributed by atoms with van der Waals surface area (Å²) in [7, 11) is 3.21. The van der Waals surface area contributed by atoms with Crippen LogP contribution in [0.3, 0.4) is 0 Å². The van der Waals surface area contributed by atoms with Gasteiger partial charge < -0.3 is 19.1 Å². The van der Waals surface area contributed by atoms with Crippen molar-refractivity contribution in [3.63, 3.8) is 0 Å². The number of halogens is 2. The van der Waals surface area contributed by atoms with Crippen LogP contribution in [-0.2, 0) is 19.6 Å². The molecule has 5 nitrogen and oxygen atoms in total. The van der Waals surface area contributed by atoms with Gasteiger partial charge in [-0.1, -0.05) is 71.7 Å². The van der Waals surface area contributed by atoms with Crippen LogP contribution in [0.15, 0.2) is 91.0 Å².